The molecule has 0 spiro atoms. The summed E-state index contributed by atoms with van der Waals surface area (Å²) >= 11 is 11.9. The van der Waals surface area contributed by atoms with Crippen molar-refractivity contribution in [3.8, 4) is 0 Å². The lowest BCUT2D eigenvalue weighted by atomic mass is 10.2. The predicted molar refractivity (Wildman–Crippen MR) is 90.7 cm³/mol. The largest absolute Gasteiger partial charge is 0.444 e. The third-order valence-corrected chi connectivity index (χ3v) is 4.01. The van der Waals surface area contributed by atoms with Gasteiger partial charge in [0.15, 0.2) is 0 Å². The zero-order chi connectivity index (χ0) is 16.5. The first-order chi connectivity index (χ1) is 10.2. The van der Waals surface area contributed by atoms with Gasteiger partial charge in [-0.1, -0.05) is 23.2 Å². The number of rotatable bonds is 2. The van der Waals surface area contributed by atoms with Crippen LogP contribution < -0.4 is 11.1 Å². The molecule has 0 saturated carbocycles. The number of benzene rings is 1. The van der Waals surface area contributed by atoms with Crippen LogP contribution in [-0.2, 0) is 4.74 Å². The first-order valence-electron chi connectivity index (χ1n) is 7.14. The quantitative estimate of drug-likeness (QED) is 0.795. The van der Waals surface area contributed by atoms with Gasteiger partial charge in [0.1, 0.15) is 5.60 Å². The van der Waals surface area contributed by atoms with Crippen LogP contribution in [0.15, 0.2) is 12.1 Å². The third-order valence-electron chi connectivity index (χ3n) is 3.29. The number of nitrogens with one attached hydrogen (secondary N) is 1. The van der Waals surface area contributed by atoms with Crippen LogP contribution in [0.1, 0.15) is 27.2 Å². The number of halogens is 2. The number of anilines is 2. The summed E-state index contributed by atoms with van der Waals surface area (Å²) in [7, 11) is 0. The van der Waals surface area contributed by atoms with Crippen molar-refractivity contribution in [3.05, 3.63) is 22.2 Å². The van der Waals surface area contributed by atoms with E-state index in [1.54, 1.807) is 17.0 Å². The minimum atomic E-state index is -0.489. The summed E-state index contributed by atoms with van der Waals surface area (Å²) in [6, 6.07) is 3.43. The van der Waals surface area contributed by atoms with Gasteiger partial charge in [0, 0.05) is 19.1 Å². The molecule has 1 aliphatic rings. The van der Waals surface area contributed by atoms with Crippen LogP contribution >= 0.6 is 23.2 Å². The van der Waals surface area contributed by atoms with Crippen LogP contribution in [-0.4, -0.2) is 35.7 Å². The summed E-state index contributed by atoms with van der Waals surface area (Å²) in [5.74, 6) is 0. The molecule has 1 amide bonds. The second-order valence-corrected chi connectivity index (χ2v) is 7.22. The van der Waals surface area contributed by atoms with E-state index in [2.05, 4.69) is 5.32 Å². The SMILES string of the molecule is CC(C)(C)OC(=O)N1CCC(Nc2cc(Cl)c(Cl)cc2N)C1. The number of hydrogen-bond donors (Lipinski definition) is 2. The van der Waals surface area contributed by atoms with Crippen molar-refractivity contribution in [3.63, 3.8) is 0 Å². The van der Waals surface area contributed by atoms with E-state index < -0.39 is 5.60 Å². The Bertz CT molecular complexity index is 573. The summed E-state index contributed by atoms with van der Waals surface area (Å²) in [5, 5.41) is 4.17. The molecule has 0 aliphatic carbocycles. The second kappa shape index (κ2) is 6.42. The van der Waals surface area contributed by atoms with E-state index in [-0.39, 0.29) is 12.1 Å². The fourth-order valence-corrected chi connectivity index (χ4v) is 2.61. The van der Waals surface area contributed by atoms with E-state index >= 15 is 0 Å². The normalized spacial score (nSPS) is 18.4. The summed E-state index contributed by atoms with van der Waals surface area (Å²) in [4.78, 5) is 13.7. The molecule has 1 aromatic rings. The smallest absolute Gasteiger partial charge is 0.410 e. The van der Waals surface area contributed by atoms with E-state index in [1.807, 2.05) is 20.8 Å². The average Bonchev–Trinajstić information content (AvgIpc) is 2.82. The van der Waals surface area contributed by atoms with Crippen molar-refractivity contribution in [2.24, 2.45) is 0 Å². The Kier molecular flexibility index (Phi) is 4.97. The number of nitrogens with two attached hydrogens (primary N) is 1. The Balaban J connectivity index is 1.97. The van der Waals surface area contributed by atoms with E-state index in [0.717, 1.165) is 12.1 Å². The van der Waals surface area contributed by atoms with Crippen LogP contribution in [0, 0.1) is 0 Å². The van der Waals surface area contributed by atoms with E-state index in [4.69, 9.17) is 33.7 Å². The number of carbonyl (C=O) groups is 1. The lowest BCUT2D eigenvalue weighted by Gasteiger charge is -2.24. The van der Waals surface area contributed by atoms with Gasteiger partial charge in [0.2, 0.25) is 0 Å². The van der Waals surface area contributed by atoms with Gasteiger partial charge in [-0.15, -0.1) is 0 Å². The van der Waals surface area contributed by atoms with Crippen LogP contribution in [0.5, 0.6) is 0 Å². The van der Waals surface area contributed by atoms with Crippen molar-refractivity contribution >= 4 is 40.7 Å². The minimum absolute atomic E-state index is 0.104. The lowest BCUT2D eigenvalue weighted by Crippen LogP contribution is -2.36. The van der Waals surface area contributed by atoms with Gasteiger partial charge in [0.25, 0.3) is 0 Å². The molecule has 1 aliphatic heterocycles. The molecule has 5 nitrogen and oxygen atoms in total. The first-order valence-corrected chi connectivity index (χ1v) is 7.90. The number of carbonyl (C=O) groups excluding carboxylic acids is 1. The highest BCUT2D eigenvalue weighted by molar-refractivity contribution is 6.42. The van der Waals surface area contributed by atoms with Crippen LogP contribution in [0.4, 0.5) is 16.2 Å². The lowest BCUT2D eigenvalue weighted by molar-refractivity contribution is 0.0293. The predicted octanol–water partition coefficient (Wildman–Crippen LogP) is 4.00. The zero-order valence-corrected chi connectivity index (χ0v) is 14.5. The van der Waals surface area contributed by atoms with Gasteiger partial charge in [-0.3, -0.25) is 0 Å². The maximum absolute atomic E-state index is 12.0. The summed E-state index contributed by atoms with van der Waals surface area (Å²) in [6.07, 6.45) is 0.526. The highest BCUT2D eigenvalue weighted by Gasteiger charge is 2.30. The van der Waals surface area contributed by atoms with E-state index in [0.29, 0.717) is 28.8 Å². The number of amides is 1. The second-order valence-electron chi connectivity index (χ2n) is 6.41. The van der Waals surface area contributed by atoms with Gasteiger partial charge in [0.05, 0.1) is 21.4 Å². The molecular formula is C15H21Cl2N3O2. The molecule has 1 fully saturated rings. The summed E-state index contributed by atoms with van der Waals surface area (Å²) in [5.41, 5.74) is 6.71. The van der Waals surface area contributed by atoms with Gasteiger partial charge >= 0.3 is 6.09 Å². The molecular weight excluding hydrogens is 325 g/mol. The van der Waals surface area contributed by atoms with Crippen LogP contribution in [0.25, 0.3) is 0 Å². The number of nitrogens with zero attached hydrogens (tertiary/aromatic N) is 1. The average molecular weight is 346 g/mol. The standard InChI is InChI=1S/C15H21Cl2N3O2/c1-15(2,3)22-14(21)20-5-4-9(8-20)19-13-7-11(17)10(16)6-12(13)18/h6-7,9,19H,4-5,8,18H2,1-3H3. The van der Waals surface area contributed by atoms with Crippen molar-refractivity contribution in [1.29, 1.82) is 0 Å². The molecule has 1 unspecified atom stereocenters. The Labute approximate surface area is 140 Å². The molecule has 122 valence electrons. The van der Waals surface area contributed by atoms with Gasteiger partial charge < -0.3 is 20.7 Å². The van der Waals surface area contributed by atoms with Crippen molar-refractivity contribution in [1.82, 2.24) is 4.90 Å². The number of nitrogen functional groups attached to an aromatic ring is 1. The van der Waals surface area contributed by atoms with Crippen molar-refractivity contribution in [2.45, 2.75) is 38.8 Å². The highest BCUT2D eigenvalue weighted by Crippen LogP contribution is 2.32. The number of hydrogen-bond acceptors (Lipinski definition) is 4. The van der Waals surface area contributed by atoms with Gasteiger partial charge in [-0.2, -0.15) is 0 Å². The summed E-state index contributed by atoms with van der Waals surface area (Å²) < 4.78 is 5.37. The van der Waals surface area contributed by atoms with Crippen molar-refractivity contribution in [2.75, 3.05) is 24.1 Å². The molecule has 0 aromatic heterocycles. The minimum Gasteiger partial charge on any atom is -0.444 e. The molecule has 0 radical (unpaired) electrons. The monoisotopic (exact) mass is 345 g/mol. The van der Waals surface area contributed by atoms with Crippen LogP contribution in [0.2, 0.25) is 10.0 Å². The molecule has 2 rings (SSSR count). The Morgan fingerprint density at radius 2 is 2.00 bits per heavy atom. The maximum atomic E-state index is 12.0. The first kappa shape index (κ1) is 17.0. The van der Waals surface area contributed by atoms with Crippen molar-refractivity contribution < 1.29 is 9.53 Å². The molecule has 0 bridgehead atoms. The number of ether oxygens (including phenoxy) is 1. The molecule has 3 N–H and O–H groups in total. The van der Waals surface area contributed by atoms with Gasteiger partial charge in [-0.05, 0) is 39.3 Å². The van der Waals surface area contributed by atoms with E-state index in [1.165, 1.54) is 0 Å². The van der Waals surface area contributed by atoms with E-state index in [9.17, 15) is 4.79 Å². The Hall–Kier alpha value is -1.33. The molecule has 1 atom stereocenters. The highest BCUT2D eigenvalue weighted by atomic mass is 35.5. The molecule has 1 heterocycles. The summed E-state index contributed by atoms with van der Waals surface area (Å²) in [6.45, 7) is 6.77. The molecule has 22 heavy (non-hydrogen) atoms. The van der Waals surface area contributed by atoms with Gasteiger partial charge in [-0.25, -0.2) is 4.79 Å². The molecule has 7 heteroatoms. The zero-order valence-electron chi connectivity index (χ0n) is 13.0. The molecule has 1 saturated heterocycles. The third kappa shape index (κ3) is 4.34. The fraction of sp³-hybridized carbons (Fsp3) is 0.533. The number of likely N-dealkylation sites (tertiary alicyclic amines) is 1. The fourth-order valence-electron chi connectivity index (χ4n) is 2.28. The van der Waals surface area contributed by atoms with Crippen LogP contribution in [0.3, 0.4) is 0 Å². The molecule has 1 aromatic carbocycles. The maximum Gasteiger partial charge on any atom is 0.410 e. The Morgan fingerprint density at radius 3 is 2.64 bits per heavy atom. The topological polar surface area (TPSA) is 67.6 Å². The Morgan fingerprint density at radius 1 is 1.36 bits per heavy atom.